The van der Waals surface area contributed by atoms with E-state index in [1.165, 1.54) is 12.1 Å². The minimum Gasteiger partial charge on any atom is -0.385 e. The molecule has 1 N–H and O–H groups in total. The molecule has 0 saturated carbocycles. The number of hydrogen-bond donors (Lipinski definition) is 1. The van der Waals surface area contributed by atoms with Gasteiger partial charge in [-0.1, -0.05) is 12.1 Å². The van der Waals surface area contributed by atoms with Crippen LogP contribution < -0.4 is 5.32 Å². The molecule has 0 aromatic heterocycles. The van der Waals surface area contributed by atoms with Gasteiger partial charge in [0.2, 0.25) is 0 Å². The van der Waals surface area contributed by atoms with Crippen molar-refractivity contribution in [1.82, 2.24) is 10.2 Å². The van der Waals surface area contributed by atoms with Crippen molar-refractivity contribution in [1.29, 1.82) is 0 Å². The maximum Gasteiger partial charge on any atom is 0.193 e. The summed E-state index contributed by atoms with van der Waals surface area (Å²) in [6.45, 7) is 2.23. The van der Waals surface area contributed by atoms with Crippen molar-refractivity contribution in [2.24, 2.45) is 4.99 Å². The summed E-state index contributed by atoms with van der Waals surface area (Å²) in [5.41, 5.74) is 1.05. The van der Waals surface area contributed by atoms with Crippen LogP contribution in [-0.4, -0.2) is 45.2 Å². The number of methoxy groups -OCH3 is 1. The van der Waals surface area contributed by atoms with Gasteiger partial charge in [-0.05, 0) is 24.1 Å². The van der Waals surface area contributed by atoms with E-state index in [2.05, 4.69) is 10.3 Å². The van der Waals surface area contributed by atoms with Gasteiger partial charge in [0.1, 0.15) is 5.82 Å². The fourth-order valence-electron chi connectivity index (χ4n) is 1.74. The highest BCUT2D eigenvalue weighted by atomic mass is 19.1. The number of ether oxygens (including phenoxy) is 1. The zero-order valence-electron chi connectivity index (χ0n) is 11.8. The smallest absolute Gasteiger partial charge is 0.193 e. The van der Waals surface area contributed by atoms with E-state index in [1.54, 1.807) is 26.3 Å². The third-order valence-electron chi connectivity index (χ3n) is 2.71. The molecule has 4 nitrogen and oxygen atoms in total. The molecule has 1 aromatic carbocycles. The van der Waals surface area contributed by atoms with Crippen molar-refractivity contribution in [3.8, 4) is 0 Å². The molecular weight excluding hydrogens is 245 g/mol. The quantitative estimate of drug-likeness (QED) is 0.486. The standard InChI is InChI=1S/C14H22FN3O/c1-16-14(17-9-4-10-19-3)18(2)11-12-5-7-13(15)8-6-12/h5-8H,4,9-11H2,1-3H3,(H,16,17). The van der Waals surface area contributed by atoms with Crippen molar-refractivity contribution in [2.75, 3.05) is 34.4 Å². The summed E-state index contributed by atoms with van der Waals surface area (Å²) in [7, 11) is 5.39. The van der Waals surface area contributed by atoms with Gasteiger partial charge in [-0.3, -0.25) is 4.99 Å². The van der Waals surface area contributed by atoms with Gasteiger partial charge >= 0.3 is 0 Å². The van der Waals surface area contributed by atoms with Crippen LogP contribution in [0.3, 0.4) is 0 Å². The lowest BCUT2D eigenvalue weighted by molar-refractivity contribution is 0.195. The Balaban J connectivity index is 2.45. The van der Waals surface area contributed by atoms with E-state index in [0.717, 1.165) is 31.1 Å². The SMILES string of the molecule is CN=C(NCCCOC)N(C)Cc1ccc(F)cc1. The summed E-state index contributed by atoms with van der Waals surface area (Å²) < 4.78 is 17.8. The van der Waals surface area contributed by atoms with Crippen LogP contribution in [0.1, 0.15) is 12.0 Å². The molecule has 0 atom stereocenters. The summed E-state index contributed by atoms with van der Waals surface area (Å²) in [5, 5.41) is 3.26. The third-order valence-corrected chi connectivity index (χ3v) is 2.71. The molecule has 1 rings (SSSR count). The molecule has 0 radical (unpaired) electrons. The van der Waals surface area contributed by atoms with Gasteiger partial charge in [0.25, 0.3) is 0 Å². The predicted octanol–water partition coefficient (Wildman–Crippen LogP) is 1.87. The van der Waals surface area contributed by atoms with Crippen LogP contribution in [0, 0.1) is 5.82 Å². The van der Waals surface area contributed by atoms with E-state index in [0.29, 0.717) is 6.54 Å². The summed E-state index contributed by atoms with van der Waals surface area (Å²) in [4.78, 5) is 6.22. The van der Waals surface area contributed by atoms with E-state index in [4.69, 9.17) is 4.74 Å². The molecule has 0 aliphatic carbocycles. The normalized spacial score (nSPS) is 11.5. The highest BCUT2D eigenvalue weighted by Gasteiger charge is 2.06. The lowest BCUT2D eigenvalue weighted by atomic mass is 10.2. The minimum atomic E-state index is -0.214. The van der Waals surface area contributed by atoms with Gasteiger partial charge in [0.05, 0.1) is 0 Å². The largest absolute Gasteiger partial charge is 0.385 e. The van der Waals surface area contributed by atoms with E-state index in [1.807, 2.05) is 11.9 Å². The van der Waals surface area contributed by atoms with E-state index >= 15 is 0 Å². The molecule has 0 unspecified atom stereocenters. The van der Waals surface area contributed by atoms with Crippen molar-refractivity contribution < 1.29 is 9.13 Å². The van der Waals surface area contributed by atoms with E-state index in [9.17, 15) is 4.39 Å². The third kappa shape index (κ3) is 5.70. The molecule has 0 spiro atoms. The number of guanidine groups is 1. The van der Waals surface area contributed by atoms with Crippen molar-refractivity contribution in [3.63, 3.8) is 0 Å². The molecule has 0 aliphatic rings. The molecule has 5 heteroatoms. The van der Waals surface area contributed by atoms with Crippen LogP contribution in [-0.2, 0) is 11.3 Å². The molecule has 0 saturated heterocycles. The fraction of sp³-hybridized carbons (Fsp3) is 0.500. The molecule has 0 bridgehead atoms. The molecular formula is C14H22FN3O. The number of halogens is 1. The van der Waals surface area contributed by atoms with Crippen LogP contribution in [0.4, 0.5) is 4.39 Å². The minimum absolute atomic E-state index is 0.214. The van der Waals surface area contributed by atoms with Gasteiger partial charge in [0.15, 0.2) is 5.96 Å². The first-order valence-corrected chi connectivity index (χ1v) is 6.32. The highest BCUT2D eigenvalue weighted by Crippen LogP contribution is 2.05. The van der Waals surface area contributed by atoms with Crippen LogP contribution in [0.25, 0.3) is 0 Å². The van der Waals surface area contributed by atoms with Crippen molar-refractivity contribution in [2.45, 2.75) is 13.0 Å². The number of nitrogens with zero attached hydrogens (tertiary/aromatic N) is 2. The van der Waals surface area contributed by atoms with Gasteiger partial charge in [-0.2, -0.15) is 0 Å². The summed E-state index contributed by atoms with van der Waals surface area (Å²) in [5.74, 6) is 0.605. The average molecular weight is 267 g/mol. The Morgan fingerprint density at radius 3 is 2.63 bits per heavy atom. The molecule has 0 amide bonds. The van der Waals surface area contributed by atoms with Gasteiger partial charge in [-0.25, -0.2) is 4.39 Å². The fourth-order valence-corrected chi connectivity index (χ4v) is 1.74. The Kier molecular flexibility index (Phi) is 6.89. The summed E-state index contributed by atoms with van der Waals surface area (Å²) in [6, 6.07) is 6.50. The highest BCUT2D eigenvalue weighted by molar-refractivity contribution is 5.79. The number of benzene rings is 1. The van der Waals surface area contributed by atoms with E-state index in [-0.39, 0.29) is 5.82 Å². The number of hydrogen-bond acceptors (Lipinski definition) is 2. The maximum absolute atomic E-state index is 12.8. The van der Waals surface area contributed by atoms with Gasteiger partial charge in [0, 0.05) is 40.9 Å². The van der Waals surface area contributed by atoms with Crippen molar-refractivity contribution in [3.05, 3.63) is 35.6 Å². The Morgan fingerprint density at radius 2 is 2.05 bits per heavy atom. The monoisotopic (exact) mass is 267 g/mol. The Labute approximate surface area is 114 Å². The molecule has 106 valence electrons. The van der Waals surface area contributed by atoms with E-state index < -0.39 is 0 Å². The molecule has 1 aromatic rings. The zero-order valence-corrected chi connectivity index (χ0v) is 11.8. The lowest BCUT2D eigenvalue weighted by Crippen LogP contribution is -2.39. The Bertz CT molecular complexity index is 392. The van der Waals surface area contributed by atoms with Crippen molar-refractivity contribution >= 4 is 5.96 Å². The molecule has 19 heavy (non-hydrogen) atoms. The van der Waals surface area contributed by atoms with Gasteiger partial charge < -0.3 is 15.0 Å². The van der Waals surface area contributed by atoms with Gasteiger partial charge in [-0.15, -0.1) is 0 Å². The van der Waals surface area contributed by atoms with Crippen LogP contribution in [0.5, 0.6) is 0 Å². The molecule has 0 heterocycles. The second-order valence-corrected chi connectivity index (χ2v) is 4.30. The predicted molar refractivity (Wildman–Crippen MR) is 75.7 cm³/mol. The first-order valence-electron chi connectivity index (χ1n) is 6.32. The topological polar surface area (TPSA) is 36.9 Å². The number of rotatable bonds is 6. The van der Waals surface area contributed by atoms with Crippen LogP contribution in [0.15, 0.2) is 29.3 Å². The Hall–Kier alpha value is -1.62. The number of aliphatic imine (C=N–C) groups is 1. The first kappa shape index (κ1) is 15.4. The first-order chi connectivity index (χ1) is 9.17. The second kappa shape index (κ2) is 8.48. The number of nitrogens with one attached hydrogen (secondary N) is 1. The zero-order chi connectivity index (χ0) is 14.1. The average Bonchev–Trinajstić information content (AvgIpc) is 2.41. The second-order valence-electron chi connectivity index (χ2n) is 4.30. The molecule has 0 aliphatic heterocycles. The molecule has 0 fully saturated rings. The lowest BCUT2D eigenvalue weighted by Gasteiger charge is -2.22. The van der Waals surface area contributed by atoms with Crippen LogP contribution >= 0.6 is 0 Å². The summed E-state index contributed by atoms with van der Waals surface area (Å²) >= 11 is 0. The summed E-state index contributed by atoms with van der Waals surface area (Å²) in [6.07, 6.45) is 0.930. The maximum atomic E-state index is 12.8. The Morgan fingerprint density at radius 1 is 1.37 bits per heavy atom. The van der Waals surface area contributed by atoms with Crippen LogP contribution in [0.2, 0.25) is 0 Å².